The molecule has 178 valence electrons. The van der Waals surface area contributed by atoms with Crippen LogP contribution >= 0.6 is 0 Å². The largest absolute Gasteiger partial charge is 0.311 e. The van der Waals surface area contributed by atoms with Gasteiger partial charge in [0, 0.05) is 34.1 Å². The van der Waals surface area contributed by atoms with Crippen LogP contribution in [0.1, 0.15) is 5.56 Å². The highest BCUT2D eigenvalue weighted by atomic mass is 15.2. The van der Waals surface area contributed by atoms with E-state index in [1.165, 1.54) is 16.3 Å². The molecule has 0 amide bonds. The molecule has 0 aliphatic carbocycles. The van der Waals surface area contributed by atoms with Crippen LogP contribution in [-0.4, -0.2) is 0 Å². The highest BCUT2D eigenvalue weighted by molar-refractivity contribution is 5.89. The molecule has 0 fully saturated rings. The summed E-state index contributed by atoms with van der Waals surface area (Å²) in [5.41, 5.74) is 8.01. The van der Waals surface area contributed by atoms with E-state index in [1.54, 1.807) is 0 Å². The molecule has 0 saturated heterocycles. The maximum atomic E-state index is 2.32. The molecule has 6 rings (SSSR count). The first kappa shape index (κ1) is 22.6. The van der Waals surface area contributed by atoms with Gasteiger partial charge in [-0.15, -0.1) is 0 Å². The molecule has 0 radical (unpaired) electrons. The van der Waals surface area contributed by atoms with E-state index in [9.17, 15) is 0 Å². The fraction of sp³-hybridized carbons (Fsp3) is 0.0286. The van der Waals surface area contributed by atoms with Crippen molar-refractivity contribution in [1.82, 2.24) is 0 Å². The molecule has 0 aliphatic heterocycles. The second-order valence-corrected chi connectivity index (χ2v) is 9.23. The second kappa shape index (κ2) is 10.0. The second-order valence-electron chi connectivity index (χ2n) is 9.23. The molecular formula is C35H28N2. The number of benzene rings is 6. The van der Waals surface area contributed by atoms with E-state index in [2.05, 4.69) is 168 Å². The minimum absolute atomic E-state index is 1.11. The summed E-state index contributed by atoms with van der Waals surface area (Å²) in [6.45, 7) is 2.13. The molecule has 0 unspecified atom stereocenters. The van der Waals surface area contributed by atoms with Crippen molar-refractivity contribution in [2.45, 2.75) is 6.92 Å². The summed E-state index contributed by atoms with van der Waals surface area (Å²) >= 11 is 0. The third-order valence-electron chi connectivity index (χ3n) is 6.68. The predicted octanol–water partition coefficient (Wildman–Crippen LogP) is 10.1. The molecule has 0 spiro atoms. The molecule has 0 aromatic heterocycles. The van der Waals surface area contributed by atoms with Gasteiger partial charge in [-0.25, -0.2) is 0 Å². The lowest BCUT2D eigenvalue weighted by Crippen LogP contribution is -2.12. The zero-order valence-corrected chi connectivity index (χ0v) is 20.8. The Hall–Kier alpha value is -4.82. The molecule has 0 saturated carbocycles. The highest BCUT2D eigenvalue weighted by Crippen LogP contribution is 2.39. The SMILES string of the molecule is Cc1ccc(N(c2ccc(N(c3ccccc3)c3ccccc3)cc2)c2ccc3ccccc3c2)cc1. The molecule has 37 heavy (non-hydrogen) atoms. The first-order valence-electron chi connectivity index (χ1n) is 12.6. The summed E-state index contributed by atoms with van der Waals surface area (Å²) in [5, 5.41) is 2.47. The van der Waals surface area contributed by atoms with Crippen LogP contribution in [0.2, 0.25) is 0 Å². The summed E-state index contributed by atoms with van der Waals surface area (Å²) in [7, 11) is 0. The van der Waals surface area contributed by atoms with E-state index in [0.29, 0.717) is 0 Å². The zero-order valence-electron chi connectivity index (χ0n) is 20.8. The fourth-order valence-corrected chi connectivity index (χ4v) is 4.81. The van der Waals surface area contributed by atoms with Crippen LogP contribution in [0.25, 0.3) is 10.8 Å². The van der Waals surface area contributed by atoms with E-state index < -0.39 is 0 Å². The number of rotatable bonds is 6. The Labute approximate surface area is 218 Å². The van der Waals surface area contributed by atoms with Gasteiger partial charge in [0.25, 0.3) is 0 Å². The van der Waals surface area contributed by atoms with Gasteiger partial charge in [0.1, 0.15) is 0 Å². The van der Waals surface area contributed by atoms with Gasteiger partial charge in [0.15, 0.2) is 0 Å². The Kier molecular flexibility index (Phi) is 6.14. The first-order valence-corrected chi connectivity index (χ1v) is 12.6. The van der Waals surface area contributed by atoms with Gasteiger partial charge >= 0.3 is 0 Å². The van der Waals surface area contributed by atoms with Gasteiger partial charge < -0.3 is 9.80 Å². The number of anilines is 6. The molecule has 0 N–H and O–H groups in total. The average Bonchev–Trinajstić information content (AvgIpc) is 2.96. The van der Waals surface area contributed by atoms with Crippen molar-refractivity contribution in [2.24, 2.45) is 0 Å². The van der Waals surface area contributed by atoms with Crippen LogP contribution in [0.5, 0.6) is 0 Å². The lowest BCUT2D eigenvalue weighted by molar-refractivity contribution is 1.25. The third-order valence-corrected chi connectivity index (χ3v) is 6.68. The quantitative estimate of drug-likeness (QED) is 0.236. The predicted molar refractivity (Wildman–Crippen MR) is 158 cm³/mol. The smallest absolute Gasteiger partial charge is 0.0468 e. The average molecular weight is 477 g/mol. The zero-order chi connectivity index (χ0) is 25.0. The Morgan fingerprint density at radius 1 is 0.324 bits per heavy atom. The third kappa shape index (κ3) is 4.70. The van der Waals surface area contributed by atoms with Crippen molar-refractivity contribution in [3.63, 3.8) is 0 Å². The molecule has 0 heterocycles. The molecule has 6 aromatic carbocycles. The van der Waals surface area contributed by atoms with E-state index in [4.69, 9.17) is 0 Å². The van der Waals surface area contributed by atoms with Crippen molar-refractivity contribution < 1.29 is 0 Å². The van der Waals surface area contributed by atoms with Gasteiger partial charge in [-0.2, -0.15) is 0 Å². The number of hydrogen-bond donors (Lipinski definition) is 0. The van der Waals surface area contributed by atoms with E-state index in [1.807, 2.05) is 0 Å². The number of nitrogens with zero attached hydrogens (tertiary/aromatic N) is 2. The van der Waals surface area contributed by atoms with Gasteiger partial charge in [0.05, 0.1) is 0 Å². The number of hydrogen-bond acceptors (Lipinski definition) is 2. The number of fused-ring (bicyclic) bond motifs is 1. The summed E-state index contributed by atoms with van der Waals surface area (Å²) in [6.07, 6.45) is 0. The first-order chi connectivity index (χ1) is 18.3. The van der Waals surface area contributed by atoms with Crippen molar-refractivity contribution in [3.8, 4) is 0 Å². The maximum absolute atomic E-state index is 2.32. The van der Waals surface area contributed by atoms with Crippen LogP contribution in [0.15, 0.2) is 152 Å². The number of para-hydroxylation sites is 2. The highest BCUT2D eigenvalue weighted by Gasteiger charge is 2.16. The summed E-state index contributed by atoms with van der Waals surface area (Å²) in [4.78, 5) is 4.61. The van der Waals surface area contributed by atoms with Gasteiger partial charge in [-0.3, -0.25) is 0 Å². The minimum atomic E-state index is 1.11. The fourth-order valence-electron chi connectivity index (χ4n) is 4.81. The lowest BCUT2D eigenvalue weighted by atomic mass is 10.1. The van der Waals surface area contributed by atoms with Crippen LogP contribution in [0.3, 0.4) is 0 Å². The number of aryl methyl sites for hydroxylation is 1. The van der Waals surface area contributed by atoms with Crippen molar-refractivity contribution in [3.05, 3.63) is 157 Å². The Bertz CT molecular complexity index is 1570. The minimum Gasteiger partial charge on any atom is -0.311 e. The van der Waals surface area contributed by atoms with Crippen molar-refractivity contribution in [1.29, 1.82) is 0 Å². The molecule has 2 heteroatoms. The molecule has 0 aliphatic rings. The van der Waals surface area contributed by atoms with Gasteiger partial charge in [-0.1, -0.05) is 84.4 Å². The van der Waals surface area contributed by atoms with Crippen LogP contribution in [0.4, 0.5) is 34.1 Å². The summed E-state index contributed by atoms with van der Waals surface area (Å²) in [6, 6.07) is 53.8. The summed E-state index contributed by atoms with van der Waals surface area (Å²) < 4.78 is 0. The molecule has 6 aromatic rings. The lowest BCUT2D eigenvalue weighted by Gasteiger charge is -2.28. The monoisotopic (exact) mass is 476 g/mol. The molecule has 0 bridgehead atoms. The van der Waals surface area contributed by atoms with E-state index >= 15 is 0 Å². The van der Waals surface area contributed by atoms with Crippen molar-refractivity contribution >= 4 is 44.9 Å². The van der Waals surface area contributed by atoms with Gasteiger partial charge in [-0.05, 0) is 90.5 Å². The molecule has 0 atom stereocenters. The Morgan fingerprint density at radius 3 is 1.24 bits per heavy atom. The molecule has 2 nitrogen and oxygen atoms in total. The Balaban J connectivity index is 1.44. The standard InChI is InChI=1S/C35H28N2/c1-27-16-19-32(20-17-27)37(35-21-18-28-10-8-9-11-29(28)26-35)34-24-22-33(23-25-34)36(30-12-4-2-5-13-30)31-14-6-3-7-15-31/h2-26H,1H3. The van der Waals surface area contributed by atoms with E-state index in [0.717, 1.165) is 34.1 Å². The summed E-state index contributed by atoms with van der Waals surface area (Å²) in [5.74, 6) is 0. The normalized spacial score (nSPS) is 10.8. The van der Waals surface area contributed by atoms with Crippen LogP contribution < -0.4 is 9.80 Å². The van der Waals surface area contributed by atoms with Crippen LogP contribution in [-0.2, 0) is 0 Å². The van der Waals surface area contributed by atoms with Crippen LogP contribution in [0, 0.1) is 6.92 Å². The topological polar surface area (TPSA) is 6.48 Å². The van der Waals surface area contributed by atoms with E-state index in [-0.39, 0.29) is 0 Å². The molecular weight excluding hydrogens is 448 g/mol. The van der Waals surface area contributed by atoms with Crippen molar-refractivity contribution in [2.75, 3.05) is 9.80 Å². The Morgan fingerprint density at radius 2 is 0.703 bits per heavy atom. The van der Waals surface area contributed by atoms with Gasteiger partial charge in [0.2, 0.25) is 0 Å². The maximum Gasteiger partial charge on any atom is 0.0468 e.